The number of aromatic nitrogens is 2. The summed E-state index contributed by atoms with van der Waals surface area (Å²) in [4.78, 5) is 22.7. The molecule has 0 saturated carbocycles. The van der Waals surface area contributed by atoms with Crippen LogP contribution in [0.5, 0.6) is 0 Å². The molecule has 5 nitrogen and oxygen atoms in total. The summed E-state index contributed by atoms with van der Waals surface area (Å²) in [6.45, 7) is 0. The van der Waals surface area contributed by atoms with Crippen LogP contribution < -0.4 is 10.9 Å². The summed E-state index contributed by atoms with van der Waals surface area (Å²) in [5.41, 5.74) is 0.814. The normalized spacial score (nSPS) is 10.0. The van der Waals surface area contributed by atoms with Gasteiger partial charge in [0, 0.05) is 6.20 Å². The average molecular weight is 217 g/mol. The molecule has 1 heterocycles. The molecule has 1 aromatic carbocycles. The van der Waals surface area contributed by atoms with E-state index >= 15 is 0 Å². The van der Waals surface area contributed by atoms with Crippen molar-refractivity contribution in [1.29, 1.82) is 0 Å². The molecule has 0 unspecified atom stereocenters. The van der Waals surface area contributed by atoms with Crippen LogP contribution in [0.4, 0.5) is 5.69 Å². The molecule has 16 heavy (non-hydrogen) atoms. The molecule has 0 atom stereocenters. The number of anilines is 1. The van der Waals surface area contributed by atoms with Gasteiger partial charge in [-0.25, -0.2) is 0 Å². The lowest BCUT2D eigenvalue weighted by Crippen LogP contribution is -2.18. The van der Waals surface area contributed by atoms with Crippen LogP contribution in [0.3, 0.4) is 0 Å². The first-order valence-electron chi connectivity index (χ1n) is 4.85. The smallest absolute Gasteiger partial charge is 0.287 e. The number of rotatable bonds is 3. The second-order valence-corrected chi connectivity index (χ2v) is 3.37. The molecule has 0 spiro atoms. The number of hydrogen-bond acceptors (Lipinski definition) is 2. The predicted molar refractivity (Wildman–Crippen MR) is 60.2 cm³/mol. The minimum absolute atomic E-state index is 0.212. The highest BCUT2D eigenvalue weighted by Gasteiger charge is 2.06. The van der Waals surface area contributed by atoms with Crippen LogP contribution in [-0.4, -0.2) is 16.1 Å². The third-order valence-corrected chi connectivity index (χ3v) is 2.13. The van der Waals surface area contributed by atoms with E-state index in [4.69, 9.17) is 0 Å². The Bertz CT molecular complexity index is 527. The van der Waals surface area contributed by atoms with Crippen molar-refractivity contribution >= 4 is 11.6 Å². The molecule has 0 aliphatic heterocycles. The molecule has 3 N–H and O–H groups in total. The van der Waals surface area contributed by atoms with Crippen LogP contribution in [0.15, 0.2) is 41.3 Å². The zero-order chi connectivity index (χ0) is 11.4. The van der Waals surface area contributed by atoms with Gasteiger partial charge in [-0.1, -0.05) is 30.3 Å². The first kappa shape index (κ1) is 10.2. The Morgan fingerprint density at radius 1 is 1.25 bits per heavy atom. The number of H-pyrrole nitrogens is 2. The number of hydrogen-bond donors (Lipinski definition) is 3. The maximum absolute atomic E-state index is 11.6. The molecule has 0 radical (unpaired) electrons. The third-order valence-electron chi connectivity index (χ3n) is 2.13. The fraction of sp³-hybridized carbons (Fsp3) is 0.0909. The van der Waals surface area contributed by atoms with E-state index < -0.39 is 0 Å². The number of benzene rings is 1. The van der Waals surface area contributed by atoms with Crippen LogP contribution in [0, 0.1) is 0 Å². The van der Waals surface area contributed by atoms with Crippen LogP contribution in [0.2, 0.25) is 0 Å². The maximum atomic E-state index is 11.6. The van der Waals surface area contributed by atoms with E-state index in [-0.39, 0.29) is 23.6 Å². The zero-order valence-electron chi connectivity index (χ0n) is 8.49. The summed E-state index contributed by atoms with van der Waals surface area (Å²) in [6.07, 6.45) is 1.68. The number of nitrogens with one attached hydrogen (secondary N) is 3. The summed E-state index contributed by atoms with van der Waals surface area (Å²) in [5, 5.41) is 7.38. The third kappa shape index (κ3) is 2.38. The monoisotopic (exact) mass is 217 g/mol. The van der Waals surface area contributed by atoms with E-state index in [1.165, 1.54) is 6.20 Å². The second-order valence-electron chi connectivity index (χ2n) is 3.37. The summed E-state index contributed by atoms with van der Waals surface area (Å²) in [6, 6.07) is 9.34. The topological polar surface area (TPSA) is 77.8 Å². The highest BCUT2D eigenvalue weighted by molar-refractivity contribution is 5.91. The Balaban J connectivity index is 2.00. The summed E-state index contributed by atoms with van der Waals surface area (Å²) < 4.78 is 0. The fourth-order valence-corrected chi connectivity index (χ4v) is 1.38. The minimum Gasteiger partial charge on any atom is -0.320 e. The Labute approximate surface area is 91.5 Å². The highest BCUT2D eigenvalue weighted by Crippen LogP contribution is 2.02. The lowest BCUT2D eigenvalue weighted by Gasteiger charge is -2.01. The van der Waals surface area contributed by atoms with E-state index in [1.807, 2.05) is 30.3 Å². The molecule has 5 heteroatoms. The van der Waals surface area contributed by atoms with Gasteiger partial charge in [0.2, 0.25) is 5.91 Å². The molecule has 82 valence electrons. The van der Waals surface area contributed by atoms with Crippen LogP contribution in [-0.2, 0) is 11.2 Å². The van der Waals surface area contributed by atoms with Gasteiger partial charge >= 0.3 is 0 Å². The van der Waals surface area contributed by atoms with Crippen molar-refractivity contribution in [3.63, 3.8) is 0 Å². The molecule has 0 aliphatic carbocycles. The van der Waals surface area contributed by atoms with Crippen molar-refractivity contribution in [2.24, 2.45) is 0 Å². The van der Waals surface area contributed by atoms with Gasteiger partial charge < -0.3 is 10.4 Å². The number of aromatic amines is 2. The molecule has 2 aromatic rings. The molecule has 0 aliphatic rings. The van der Waals surface area contributed by atoms with Crippen LogP contribution in [0.25, 0.3) is 0 Å². The average Bonchev–Trinajstić information content (AvgIpc) is 2.66. The summed E-state index contributed by atoms with van der Waals surface area (Å²) in [5.74, 6) is -0.212. The van der Waals surface area contributed by atoms with Crippen molar-refractivity contribution < 1.29 is 4.79 Å². The van der Waals surface area contributed by atoms with Gasteiger partial charge in [-0.05, 0) is 5.56 Å². The van der Waals surface area contributed by atoms with Gasteiger partial charge in [-0.2, -0.15) is 0 Å². The minimum atomic E-state index is -0.332. The predicted octanol–water partition coefficient (Wildman–Crippen LogP) is 0.884. The highest BCUT2D eigenvalue weighted by atomic mass is 16.2. The summed E-state index contributed by atoms with van der Waals surface area (Å²) >= 11 is 0. The molecular weight excluding hydrogens is 206 g/mol. The van der Waals surface area contributed by atoms with E-state index in [0.29, 0.717) is 0 Å². The van der Waals surface area contributed by atoms with Crippen LogP contribution in [0.1, 0.15) is 5.56 Å². The lowest BCUT2D eigenvalue weighted by molar-refractivity contribution is -0.115. The van der Waals surface area contributed by atoms with Gasteiger partial charge in [0.1, 0.15) is 5.69 Å². The Morgan fingerprint density at radius 2 is 2.00 bits per heavy atom. The first-order valence-corrected chi connectivity index (χ1v) is 4.85. The first-order chi connectivity index (χ1) is 7.75. The number of carbonyl (C=O) groups is 1. The molecule has 0 fully saturated rings. The Hall–Kier alpha value is -2.30. The van der Waals surface area contributed by atoms with Gasteiger partial charge in [0.15, 0.2) is 0 Å². The number of amides is 1. The molecule has 1 aromatic heterocycles. The standard InChI is InChI=1S/C11H11N3O2/c15-10(6-8-4-2-1-3-5-8)13-9-7-12-14-11(9)16/h1-5,7H,6H2,(H,13,15)(H2,12,14,16). The van der Waals surface area contributed by atoms with Crippen molar-refractivity contribution in [2.75, 3.05) is 5.32 Å². The van der Waals surface area contributed by atoms with E-state index in [9.17, 15) is 9.59 Å². The van der Waals surface area contributed by atoms with Crippen LogP contribution >= 0.6 is 0 Å². The largest absolute Gasteiger partial charge is 0.320 e. The Kier molecular flexibility index (Phi) is 2.86. The second kappa shape index (κ2) is 4.48. The van der Waals surface area contributed by atoms with Gasteiger partial charge in [-0.3, -0.25) is 14.7 Å². The zero-order valence-corrected chi connectivity index (χ0v) is 8.49. The Morgan fingerprint density at radius 3 is 2.62 bits per heavy atom. The number of carbonyl (C=O) groups excluding carboxylic acids is 1. The van der Waals surface area contributed by atoms with Crippen molar-refractivity contribution in [3.8, 4) is 0 Å². The molecule has 2 rings (SSSR count). The maximum Gasteiger partial charge on any atom is 0.287 e. The van der Waals surface area contributed by atoms with Gasteiger partial charge in [-0.15, -0.1) is 0 Å². The molecule has 0 bridgehead atoms. The van der Waals surface area contributed by atoms with Crippen molar-refractivity contribution in [1.82, 2.24) is 10.2 Å². The van der Waals surface area contributed by atoms with E-state index in [2.05, 4.69) is 15.5 Å². The fourth-order valence-electron chi connectivity index (χ4n) is 1.38. The summed E-state index contributed by atoms with van der Waals surface area (Å²) in [7, 11) is 0. The van der Waals surface area contributed by atoms with Crippen molar-refractivity contribution in [3.05, 3.63) is 52.4 Å². The van der Waals surface area contributed by atoms with Gasteiger partial charge in [0.25, 0.3) is 5.56 Å². The SMILES string of the molecule is O=C(Cc1ccccc1)Nc1c[nH][nH]c1=O. The lowest BCUT2D eigenvalue weighted by atomic mass is 10.1. The molecule has 0 saturated heterocycles. The quantitative estimate of drug-likeness (QED) is 0.713. The van der Waals surface area contributed by atoms with Gasteiger partial charge in [0.05, 0.1) is 6.42 Å². The van der Waals surface area contributed by atoms with E-state index in [0.717, 1.165) is 5.56 Å². The molecule has 1 amide bonds. The van der Waals surface area contributed by atoms with Crippen molar-refractivity contribution in [2.45, 2.75) is 6.42 Å². The molecular formula is C11H11N3O2. The van der Waals surface area contributed by atoms with E-state index in [1.54, 1.807) is 0 Å².